The summed E-state index contributed by atoms with van der Waals surface area (Å²) in [7, 11) is 1.77. The van der Waals surface area contributed by atoms with Gasteiger partial charge in [-0.3, -0.25) is 9.59 Å². The number of Topliss-reactive ketones (excluding diaryl/α,β-unsaturated/α-hetero) is 1. The standard InChI is InChI=1S/C33H40N6O3/c1-23(40)12-6-4-3-5-11-21-34-31(41)24-17-19-25(20-18-24)36-33-35-22-29-30(37-33)39(26-13-7-8-14-26)28-16-10-9-15-27(28)32(42)38(29)2/h9-10,15-20,22,26H,3-8,11-14,21H2,1-2H3,(H,34,41)(H,35,36,37). The highest BCUT2D eigenvalue weighted by Crippen LogP contribution is 2.43. The maximum atomic E-state index is 13.4. The first-order chi connectivity index (χ1) is 20.4. The third kappa shape index (κ3) is 6.78. The van der Waals surface area contributed by atoms with Crippen LogP contribution in [0.2, 0.25) is 0 Å². The van der Waals surface area contributed by atoms with E-state index in [-0.39, 0.29) is 23.6 Å². The predicted molar refractivity (Wildman–Crippen MR) is 166 cm³/mol. The van der Waals surface area contributed by atoms with E-state index in [0.717, 1.165) is 75.0 Å². The molecule has 3 aromatic rings. The van der Waals surface area contributed by atoms with Gasteiger partial charge in [0, 0.05) is 37.3 Å². The van der Waals surface area contributed by atoms with Gasteiger partial charge in [-0.2, -0.15) is 4.98 Å². The van der Waals surface area contributed by atoms with Crippen LogP contribution in [0.4, 0.5) is 28.8 Å². The summed E-state index contributed by atoms with van der Waals surface area (Å²) in [5.74, 6) is 1.22. The predicted octanol–water partition coefficient (Wildman–Crippen LogP) is 6.55. The lowest BCUT2D eigenvalue weighted by molar-refractivity contribution is -0.117. The minimum Gasteiger partial charge on any atom is -0.352 e. The first-order valence-electron chi connectivity index (χ1n) is 15.1. The summed E-state index contributed by atoms with van der Waals surface area (Å²) in [4.78, 5) is 50.3. The van der Waals surface area contributed by atoms with Gasteiger partial charge in [0.15, 0.2) is 5.82 Å². The fraction of sp³-hybridized carbons (Fsp3) is 0.424. The topological polar surface area (TPSA) is 108 Å². The first kappa shape index (κ1) is 29.2. The Balaban J connectivity index is 1.24. The summed E-state index contributed by atoms with van der Waals surface area (Å²) in [6.45, 7) is 2.26. The third-order valence-electron chi connectivity index (χ3n) is 8.12. The number of benzene rings is 2. The Morgan fingerprint density at radius 1 is 0.929 bits per heavy atom. The Morgan fingerprint density at radius 3 is 2.40 bits per heavy atom. The summed E-state index contributed by atoms with van der Waals surface area (Å²) in [5.41, 5.74) is 3.58. The lowest BCUT2D eigenvalue weighted by atomic mass is 10.1. The van der Waals surface area contributed by atoms with Crippen LogP contribution in [0.15, 0.2) is 54.7 Å². The first-order valence-corrected chi connectivity index (χ1v) is 15.1. The number of anilines is 5. The molecule has 2 heterocycles. The monoisotopic (exact) mass is 568 g/mol. The van der Waals surface area contributed by atoms with Crippen LogP contribution in [0, 0.1) is 0 Å². The molecule has 9 nitrogen and oxygen atoms in total. The minimum absolute atomic E-state index is 0.0739. The molecule has 1 saturated carbocycles. The number of carbonyl (C=O) groups excluding carboxylic acids is 3. The Bertz CT molecular complexity index is 1420. The van der Waals surface area contributed by atoms with Gasteiger partial charge >= 0.3 is 0 Å². The molecule has 2 amide bonds. The van der Waals surface area contributed by atoms with Gasteiger partial charge in [-0.05, 0) is 69.0 Å². The smallest absolute Gasteiger partial charge is 0.260 e. The molecule has 1 aromatic heterocycles. The van der Waals surface area contributed by atoms with E-state index in [2.05, 4.69) is 20.5 Å². The van der Waals surface area contributed by atoms with E-state index in [9.17, 15) is 14.4 Å². The van der Waals surface area contributed by atoms with Crippen LogP contribution in [-0.4, -0.2) is 47.2 Å². The average molecular weight is 569 g/mol. The summed E-state index contributed by atoms with van der Waals surface area (Å²) >= 11 is 0. The number of amides is 2. The molecule has 0 atom stereocenters. The summed E-state index contributed by atoms with van der Waals surface area (Å²) in [6, 6.07) is 15.3. The number of hydrogen-bond acceptors (Lipinski definition) is 7. The van der Waals surface area contributed by atoms with E-state index in [0.29, 0.717) is 35.7 Å². The van der Waals surface area contributed by atoms with Crippen LogP contribution in [0.25, 0.3) is 0 Å². The normalized spacial score (nSPS) is 14.8. The number of hydrogen-bond donors (Lipinski definition) is 2. The molecule has 42 heavy (non-hydrogen) atoms. The fourth-order valence-corrected chi connectivity index (χ4v) is 5.81. The van der Waals surface area contributed by atoms with E-state index in [1.54, 1.807) is 37.2 Å². The quantitative estimate of drug-likeness (QED) is 0.239. The Morgan fingerprint density at radius 2 is 1.64 bits per heavy atom. The molecule has 0 radical (unpaired) electrons. The van der Waals surface area contributed by atoms with Crippen LogP contribution in [0.5, 0.6) is 0 Å². The second-order valence-electron chi connectivity index (χ2n) is 11.3. The zero-order valence-corrected chi connectivity index (χ0v) is 24.6. The number of para-hydroxylation sites is 1. The van der Waals surface area contributed by atoms with E-state index in [1.807, 2.05) is 36.4 Å². The van der Waals surface area contributed by atoms with Crippen molar-refractivity contribution in [3.05, 3.63) is 65.9 Å². The van der Waals surface area contributed by atoms with Gasteiger partial charge in [-0.15, -0.1) is 0 Å². The second kappa shape index (κ2) is 13.6. The van der Waals surface area contributed by atoms with Crippen LogP contribution in [-0.2, 0) is 4.79 Å². The van der Waals surface area contributed by atoms with E-state index >= 15 is 0 Å². The van der Waals surface area contributed by atoms with Crippen molar-refractivity contribution >= 4 is 46.4 Å². The molecule has 220 valence electrons. The minimum atomic E-state index is -0.0991. The van der Waals surface area contributed by atoms with Gasteiger partial charge < -0.3 is 25.2 Å². The summed E-state index contributed by atoms with van der Waals surface area (Å²) in [5, 5.41) is 6.27. The molecule has 2 N–H and O–H groups in total. The van der Waals surface area contributed by atoms with E-state index in [1.165, 1.54) is 0 Å². The van der Waals surface area contributed by atoms with Gasteiger partial charge in [-0.1, -0.05) is 44.2 Å². The van der Waals surface area contributed by atoms with Gasteiger partial charge in [-0.25, -0.2) is 4.98 Å². The molecule has 2 aliphatic rings. The van der Waals surface area contributed by atoms with Crippen molar-refractivity contribution in [2.24, 2.45) is 0 Å². The van der Waals surface area contributed by atoms with Crippen LogP contribution in [0.3, 0.4) is 0 Å². The van der Waals surface area contributed by atoms with Crippen molar-refractivity contribution in [1.29, 1.82) is 0 Å². The molecule has 0 unspecified atom stereocenters. The van der Waals surface area contributed by atoms with Gasteiger partial charge in [0.25, 0.3) is 11.8 Å². The fourth-order valence-electron chi connectivity index (χ4n) is 5.81. The van der Waals surface area contributed by atoms with Crippen LogP contribution in [0.1, 0.15) is 91.8 Å². The number of aromatic nitrogens is 2. The van der Waals surface area contributed by atoms with Crippen LogP contribution >= 0.6 is 0 Å². The summed E-state index contributed by atoms with van der Waals surface area (Å²) < 4.78 is 0. The lowest BCUT2D eigenvalue weighted by Crippen LogP contribution is -2.30. The van der Waals surface area contributed by atoms with Crippen molar-refractivity contribution in [1.82, 2.24) is 15.3 Å². The van der Waals surface area contributed by atoms with Crippen molar-refractivity contribution in [3.8, 4) is 0 Å². The van der Waals surface area contributed by atoms with Crippen LogP contribution < -0.4 is 20.4 Å². The van der Waals surface area contributed by atoms with E-state index < -0.39 is 0 Å². The summed E-state index contributed by atoms with van der Waals surface area (Å²) in [6.07, 6.45) is 11.8. The lowest BCUT2D eigenvalue weighted by Gasteiger charge is -2.31. The number of unbranched alkanes of at least 4 members (excludes halogenated alkanes) is 4. The zero-order valence-electron chi connectivity index (χ0n) is 24.6. The molecule has 0 bridgehead atoms. The number of nitrogens with one attached hydrogen (secondary N) is 2. The molecule has 9 heteroatoms. The largest absolute Gasteiger partial charge is 0.352 e. The molecule has 0 saturated heterocycles. The third-order valence-corrected chi connectivity index (χ3v) is 8.12. The van der Waals surface area contributed by atoms with Crippen molar-refractivity contribution in [2.45, 2.75) is 77.2 Å². The molecule has 5 rings (SSSR count). The van der Waals surface area contributed by atoms with E-state index in [4.69, 9.17) is 4.98 Å². The van der Waals surface area contributed by atoms with Gasteiger partial charge in [0.2, 0.25) is 5.95 Å². The number of ketones is 1. The molecule has 0 spiro atoms. The Labute approximate surface area is 247 Å². The Kier molecular flexibility index (Phi) is 9.46. The Hall–Kier alpha value is -4.27. The number of fused-ring (bicyclic) bond motifs is 2. The van der Waals surface area contributed by atoms with Gasteiger partial charge in [0.1, 0.15) is 11.5 Å². The molecular formula is C33H40N6O3. The highest BCUT2D eigenvalue weighted by atomic mass is 16.2. The number of carbonyl (C=O) groups is 3. The van der Waals surface area contributed by atoms with Crippen molar-refractivity contribution < 1.29 is 14.4 Å². The highest BCUT2D eigenvalue weighted by Gasteiger charge is 2.35. The SMILES string of the molecule is CC(=O)CCCCCCCNC(=O)c1ccc(Nc2ncc3c(n2)N(C2CCCC2)c2ccccc2C(=O)N3C)cc1. The molecule has 1 aliphatic heterocycles. The number of rotatable bonds is 12. The van der Waals surface area contributed by atoms with Gasteiger partial charge in [0.05, 0.1) is 17.4 Å². The van der Waals surface area contributed by atoms with Crippen molar-refractivity contribution in [3.63, 3.8) is 0 Å². The molecular weight excluding hydrogens is 528 g/mol. The van der Waals surface area contributed by atoms with Crippen molar-refractivity contribution in [2.75, 3.05) is 28.7 Å². The second-order valence-corrected chi connectivity index (χ2v) is 11.3. The maximum Gasteiger partial charge on any atom is 0.260 e. The maximum absolute atomic E-state index is 13.4. The highest BCUT2D eigenvalue weighted by molar-refractivity contribution is 6.13. The molecule has 1 fully saturated rings. The zero-order chi connectivity index (χ0) is 29.5. The average Bonchev–Trinajstić information content (AvgIpc) is 3.50. The molecule has 1 aliphatic carbocycles. The molecule has 2 aromatic carbocycles. The number of nitrogens with zero attached hydrogens (tertiary/aromatic N) is 4.